The maximum absolute atomic E-state index is 6.17. The van der Waals surface area contributed by atoms with E-state index in [4.69, 9.17) is 10.5 Å². The number of nitrogens with zero attached hydrogens (tertiary/aromatic N) is 2. The first-order valence-electron chi connectivity index (χ1n) is 5.66. The summed E-state index contributed by atoms with van der Waals surface area (Å²) in [6.07, 6.45) is 5.10. The van der Waals surface area contributed by atoms with Crippen molar-refractivity contribution in [3.63, 3.8) is 0 Å². The molecular formula is C11H20BrN3O. The van der Waals surface area contributed by atoms with E-state index in [1.807, 2.05) is 4.68 Å². The second-order valence-electron chi connectivity index (χ2n) is 3.84. The van der Waals surface area contributed by atoms with E-state index in [0.717, 1.165) is 36.0 Å². The fourth-order valence-electron chi connectivity index (χ4n) is 1.66. The van der Waals surface area contributed by atoms with Crippen LogP contribution in [-0.2, 0) is 11.3 Å². The molecule has 0 saturated carbocycles. The Labute approximate surface area is 105 Å². The van der Waals surface area contributed by atoms with E-state index in [2.05, 4.69) is 28.0 Å². The molecule has 16 heavy (non-hydrogen) atoms. The Morgan fingerprint density at radius 2 is 2.38 bits per heavy atom. The van der Waals surface area contributed by atoms with Crippen molar-refractivity contribution in [3.05, 3.63) is 16.4 Å². The molecule has 4 nitrogen and oxygen atoms in total. The number of ether oxygens (including phenoxy) is 1. The molecule has 0 saturated heterocycles. The molecule has 92 valence electrons. The number of halogens is 1. The van der Waals surface area contributed by atoms with E-state index in [1.54, 1.807) is 13.3 Å². The van der Waals surface area contributed by atoms with Crippen molar-refractivity contribution in [1.29, 1.82) is 0 Å². The molecule has 0 fully saturated rings. The Morgan fingerprint density at radius 1 is 1.62 bits per heavy atom. The van der Waals surface area contributed by atoms with Crippen molar-refractivity contribution >= 4 is 15.9 Å². The first-order valence-corrected chi connectivity index (χ1v) is 6.45. The van der Waals surface area contributed by atoms with Gasteiger partial charge in [-0.15, -0.1) is 0 Å². The van der Waals surface area contributed by atoms with Gasteiger partial charge in [-0.3, -0.25) is 4.68 Å². The molecule has 0 aliphatic heterocycles. The highest BCUT2D eigenvalue weighted by molar-refractivity contribution is 9.10. The van der Waals surface area contributed by atoms with Crippen molar-refractivity contribution in [1.82, 2.24) is 9.78 Å². The normalized spacial score (nSPS) is 13.0. The number of hydrogen-bond acceptors (Lipinski definition) is 3. The molecule has 1 heterocycles. The van der Waals surface area contributed by atoms with Crippen LogP contribution in [0.25, 0.3) is 0 Å². The number of hydrogen-bond donors (Lipinski definition) is 1. The summed E-state index contributed by atoms with van der Waals surface area (Å²) in [5, 5.41) is 4.29. The molecule has 0 aromatic carbocycles. The number of unbranched alkanes of at least 4 members (excludes halogenated alkanes) is 1. The van der Waals surface area contributed by atoms with E-state index < -0.39 is 0 Å². The average Bonchev–Trinajstić information content (AvgIpc) is 2.64. The minimum atomic E-state index is 0.0497. The third-order valence-electron chi connectivity index (χ3n) is 2.56. The molecule has 5 heteroatoms. The van der Waals surface area contributed by atoms with E-state index in [9.17, 15) is 0 Å². The van der Waals surface area contributed by atoms with Crippen LogP contribution in [0.5, 0.6) is 0 Å². The lowest BCUT2D eigenvalue weighted by atomic mass is 10.1. The monoisotopic (exact) mass is 289 g/mol. The number of rotatable bonds is 7. The summed E-state index contributed by atoms with van der Waals surface area (Å²) in [7, 11) is 1.69. The summed E-state index contributed by atoms with van der Waals surface area (Å²) in [5.41, 5.74) is 7.24. The SMILES string of the molecule is CCCCC(N)c1c(Br)cnn1CCOC. The van der Waals surface area contributed by atoms with Gasteiger partial charge in [0.05, 0.1) is 29.5 Å². The lowest BCUT2D eigenvalue weighted by Crippen LogP contribution is -2.18. The van der Waals surface area contributed by atoms with Crippen LogP contribution in [0.2, 0.25) is 0 Å². The lowest BCUT2D eigenvalue weighted by Gasteiger charge is -2.14. The first kappa shape index (κ1) is 13.7. The maximum atomic E-state index is 6.17. The van der Waals surface area contributed by atoms with Crippen molar-refractivity contribution in [2.45, 2.75) is 38.8 Å². The number of aromatic nitrogens is 2. The Morgan fingerprint density at radius 3 is 3.00 bits per heavy atom. The summed E-state index contributed by atoms with van der Waals surface area (Å²) in [6.45, 7) is 3.57. The Kier molecular flexibility index (Phi) is 6.01. The fraction of sp³-hybridized carbons (Fsp3) is 0.727. The molecule has 0 spiro atoms. The minimum absolute atomic E-state index is 0.0497. The van der Waals surface area contributed by atoms with Gasteiger partial charge >= 0.3 is 0 Å². The van der Waals surface area contributed by atoms with Crippen LogP contribution in [0, 0.1) is 0 Å². The van der Waals surface area contributed by atoms with Crippen molar-refractivity contribution in [2.24, 2.45) is 5.73 Å². The van der Waals surface area contributed by atoms with Gasteiger partial charge in [-0.05, 0) is 22.4 Å². The van der Waals surface area contributed by atoms with E-state index in [0.29, 0.717) is 6.61 Å². The van der Waals surface area contributed by atoms with Crippen LogP contribution in [0.3, 0.4) is 0 Å². The van der Waals surface area contributed by atoms with E-state index >= 15 is 0 Å². The smallest absolute Gasteiger partial charge is 0.0694 e. The molecule has 1 rings (SSSR count). The molecule has 1 aromatic heterocycles. The van der Waals surface area contributed by atoms with Crippen LogP contribution in [0.1, 0.15) is 37.9 Å². The summed E-state index contributed by atoms with van der Waals surface area (Å²) in [4.78, 5) is 0. The molecular weight excluding hydrogens is 270 g/mol. The molecule has 0 radical (unpaired) electrons. The predicted molar refractivity (Wildman–Crippen MR) is 68.3 cm³/mol. The predicted octanol–water partition coefficient (Wildman–Crippen LogP) is 2.48. The molecule has 2 N–H and O–H groups in total. The summed E-state index contributed by atoms with van der Waals surface area (Å²) in [5.74, 6) is 0. The topological polar surface area (TPSA) is 53.1 Å². The number of methoxy groups -OCH3 is 1. The van der Waals surface area contributed by atoms with Gasteiger partial charge in [-0.25, -0.2) is 0 Å². The molecule has 1 unspecified atom stereocenters. The highest BCUT2D eigenvalue weighted by Gasteiger charge is 2.15. The summed E-state index contributed by atoms with van der Waals surface area (Å²) >= 11 is 3.50. The molecule has 0 aliphatic carbocycles. The molecule has 0 bridgehead atoms. The highest BCUT2D eigenvalue weighted by atomic mass is 79.9. The largest absolute Gasteiger partial charge is 0.383 e. The van der Waals surface area contributed by atoms with Crippen LogP contribution in [-0.4, -0.2) is 23.5 Å². The van der Waals surface area contributed by atoms with E-state index in [1.165, 1.54) is 0 Å². The second kappa shape index (κ2) is 7.04. The number of nitrogens with two attached hydrogens (primary N) is 1. The van der Waals surface area contributed by atoms with Crippen molar-refractivity contribution in [3.8, 4) is 0 Å². The molecule has 1 aromatic rings. The minimum Gasteiger partial charge on any atom is -0.383 e. The fourth-order valence-corrected chi connectivity index (χ4v) is 2.25. The lowest BCUT2D eigenvalue weighted by molar-refractivity contribution is 0.182. The van der Waals surface area contributed by atoms with Crippen molar-refractivity contribution in [2.75, 3.05) is 13.7 Å². The third-order valence-corrected chi connectivity index (χ3v) is 3.17. The maximum Gasteiger partial charge on any atom is 0.0694 e. The molecule has 1 atom stereocenters. The second-order valence-corrected chi connectivity index (χ2v) is 4.70. The molecule has 0 aliphatic rings. The standard InChI is InChI=1S/C11H20BrN3O/c1-3-4-5-10(13)11-9(12)8-14-15(11)6-7-16-2/h8,10H,3-7,13H2,1-2H3. The van der Waals surface area contributed by atoms with Gasteiger partial charge in [0.1, 0.15) is 0 Å². The van der Waals surface area contributed by atoms with Gasteiger partial charge in [-0.2, -0.15) is 5.10 Å². The van der Waals surface area contributed by atoms with Gasteiger partial charge in [-0.1, -0.05) is 19.8 Å². The van der Waals surface area contributed by atoms with E-state index in [-0.39, 0.29) is 6.04 Å². The Hall–Kier alpha value is -0.390. The van der Waals surface area contributed by atoms with Gasteiger partial charge < -0.3 is 10.5 Å². The zero-order valence-corrected chi connectivity index (χ0v) is 11.5. The van der Waals surface area contributed by atoms with Crippen LogP contribution in [0.15, 0.2) is 10.7 Å². The zero-order valence-electron chi connectivity index (χ0n) is 9.95. The Balaban J connectivity index is 2.71. The quantitative estimate of drug-likeness (QED) is 0.839. The zero-order chi connectivity index (χ0) is 12.0. The molecule has 0 amide bonds. The van der Waals surface area contributed by atoms with Crippen LogP contribution < -0.4 is 5.73 Å². The van der Waals surface area contributed by atoms with Crippen LogP contribution >= 0.6 is 15.9 Å². The summed E-state index contributed by atoms with van der Waals surface area (Å²) < 4.78 is 7.97. The van der Waals surface area contributed by atoms with Crippen LogP contribution in [0.4, 0.5) is 0 Å². The van der Waals surface area contributed by atoms with Gasteiger partial charge in [0.2, 0.25) is 0 Å². The van der Waals surface area contributed by atoms with Gasteiger partial charge in [0.15, 0.2) is 0 Å². The Bertz CT molecular complexity index is 314. The third kappa shape index (κ3) is 3.57. The highest BCUT2D eigenvalue weighted by Crippen LogP contribution is 2.25. The van der Waals surface area contributed by atoms with Gasteiger partial charge in [0.25, 0.3) is 0 Å². The first-order chi connectivity index (χ1) is 7.70. The average molecular weight is 290 g/mol. The summed E-state index contributed by atoms with van der Waals surface area (Å²) in [6, 6.07) is 0.0497. The van der Waals surface area contributed by atoms with Crippen molar-refractivity contribution < 1.29 is 4.74 Å². The van der Waals surface area contributed by atoms with Gasteiger partial charge in [0, 0.05) is 13.2 Å².